The number of carbonyl (C=O) groups excluding carboxylic acids is 1. The monoisotopic (exact) mass is 439 g/mol. The van der Waals surface area contributed by atoms with E-state index in [-0.39, 0.29) is 18.1 Å². The normalized spacial score (nSPS) is 11.2. The smallest absolute Gasteiger partial charge is 0.269 e. The van der Waals surface area contributed by atoms with Gasteiger partial charge in [0.15, 0.2) is 5.13 Å². The fraction of sp³-hybridized carbons (Fsp3) is 0.0476. The highest BCUT2D eigenvalue weighted by Gasteiger charge is 2.19. The minimum Gasteiger partial charge on any atom is -0.467 e. The van der Waals surface area contributed by atoms with E-state index in [4.69, 9.17) is 16.0 Å². The number of nitrogens with zero attached hydrogens (tertiary/aromatic N) is 3. The maximum absolute atomic E-state index is 13.0. The number of hydrogen-bond donors (Lipinski definition) is 0. The molecule has 0 radical (unpaired) electrons. The number of furan rings is 1. The van der Waals surface area contributed by atoms with Crippen molar-refractivity contribution < 1.29 is 14.1 Å². The number of benzene rings is 2. The van der Waals surface area contributed by atoms with E-state index >= 15 is 0 Å². The van der Waals surface area contributed by atoms with Crippen LogP contribution in [0.5, 0.6) is 0 Å². The summed E-state index contributed by atoms with van der Waals surface area (Å²) in [5.41, 5.74) is 1.41. The molecule has 1 amide bonds. The van der Waals surface area contributed by atoms with Gasteiger partial charge in [0.1, 0.15) is 5.76 Å². The molecule has 0 spiro atoms. The second kappa shape index (κ2) is 8.48. The van der Waals surface area contributed by atoms with Gasteiger partial charge in [-0.05, 0) is 54.1 Å². The first kappa shape index (κ1) is 19.8. The number of carbonyl (C=O) groups is 1. The number of nitro benzene ring substituents is 1. The average Bonchev–Trinajstić information content (AvgIpc) is 3.39. The highest BCUT2D eigenvalue weighted by Crippen LogP contribution is 2.32. The second-order valence-corrected chi connectivity index (χ2v) is 7.74. The fourth-order valence-corrected chi connectivity index (χ4v) is 4.01. The van der Waals surface area contributed by atoms with E-state index in [1.54, 1.807) is 54.8 Å². The molecule has 0 saturated heterocycles. The molecule has 0 N–H and O–H groups in total. The van der Waals surface area contributed by atoms with Crippen LogP contribution in [0, 0.1) is 10.1 Å². The van der Waals surface area contributed by atoms with Crippen molar-refractivity contribution in [2.75, 3.05) is 4.90 Å². The summed E-state index contributed by atoms with van der Waals surface area (Å²) in [6.45, 7) is 0.212. The van der Waals surface area contributed by atoms with E-state index in [2.05, 4.69) is 4.98 Å². The van der Waals surface area contributed by atoms with Crippen LogP contribution in [0.15, 0.2) is 71.4 Å². The topological polar surface area (TPSA) is 89.5 Å². The predicted octanol–water partition coefficient (Wildman–Crippen LogP) is 5.70. The van der Waals surface area contributed by atoms with E-state index in [9.17, 15) is 14.9 Å². The molecule has 2 aromatic heterocycles. The lowest BCUT2D eigenvalue weighted by molar-refractivity contribution is -0.384. The molecular formula is C21H14ClN3O4S. The zero-order chi connectivity index (χ0) is 21.1. The summed E-state index contributed by atoms with van der Waals surface area (Å²) < 4.78 is 6.27. The van der Waals surface area contributed by atoms with Crippen LogP contribution in [0.2, 0.25) is 5.02 Å². The quantitative estimate of drug-likeness (QED) is 0.218. The summed E-state index contributed by atoms with van der Waals surface area (Å²) in [6.07, 6.45) is 4.55. The molecule has 0 aliphatic carbocycles. The maximum atomic E-state index is 13.0. The molecule has 0 aliphatic rings. The summed E-state index contributed by atoms with van der Waals surface area (Å²) in [7, 11) is 0. The SMILES string of the molecule is O=C(/C=C\c1ccc([N+](=O)[O-])cc1)N(Cc1ccco1)c1nc2ccc(Cl)cc2s1. The number of anilines is 1. The van der Waals surface area contributed by atoms with E-state index in [1.807, 2.05) is 0 Å². The molecule has 0 fully saturated rings. The van der Waals surface area contributed by atoms with Crippen LogP contribution in [-0.4, -0.2) is 15.8 Å². The summed E-state index contributed by atoms with van der Waals surface area (Å²) in [4.78, 5) is 29.4. The summed E-state index contributed by atoms with van der Waals surface area (Å²) >= 11 is 7.42. The second-order valence-electron chi connectivity index (χ2n) is 6.29. The van der Waals surface area contributed by atoms with E-state index in [0.717, 1.165) is 10.2 Å². The number of non-ortho nitro benzene ring substituents is 1. The Bertz CT molecular complexity index is 1230. The number of aromatic nitrogens is 1. The van der Waals surface area contributed by atoms with Crippen LogP contribution in [0.3, 0.4) is 0 Å². The summed E-state index contributed by atoms with van der Waals surface area (Å²) in [6, 6.07) is 14.8. The fourth-order valence-electron chi connectivity index (χ4n) is 2.76. The molecule has 0 aliphatic heterocycles. The Morgan fingerprint density at radius 3 is 2.73 bits per heavy atom. The van der Waals surface area contributed by atoms with Crippen LogP contribution >= 0.6 is 22.9 Å². The van der Waals surface area contributed by atoms with Crippen molar-refractivity contribution in [2.45, 2.75) is 6.54 Å². The van der Waals surface area contributed by atoms with Crippen molar-refractivity contribution in [1.82, 2.24) is 4.98 Å². The molecule has 0 bridgehead atoms. The van der Waals surface area contributed by atoms with E-state index < -0.39 is 4.92 Å². The summed E-state index contributed by atoms with van der Waals surface area (Å²) in [5, 5.41) is 11.9. The van der Waals surface area contributed by atoms with Gasteiger partial charge in [-0.3, -0.25) is 19.8 Å². The number of thiazole rings is 1. The third-order valence-corrected chi connectivity index (χ3v) is 5.53. The van der Waals surface area contributed by atoms with Crippen LogP contribution in [-0.2, 0) is 11.3 Å². The maximum Gasteiger partial charge on any atom is 0.269 e. The number of rotatable bonds is 6. The lowest BCUT2D eigenvalue weighted by Gasteiger charge is -2.16. The van der Waals surface area contributed by atoms with Crippen LogP contribution in [0.1, 0.15) is 11.3 Å². The van der Waals surface area contributed by atoms with Crippen molar-refractivity contribution in [2.24, 2.45) is 0 Å². The molecule has 30 heavy (non-hydrogen) atoms. The van der Waals surface area contributed by atoms with Crippen LogP contribution < -0.4 is 4.90 Å². The molecule has 2 aromatic carbocycles. The van der Waals surface area contributed by atoms with Gasteiger partial charge in [0.05, 0.1) is 27.9 Å². The first-order valence-electron chi connectivity index (χ1n) is 8.82. The molecule has 0 atom stereocenters. The van der Waals surface area contributed by atoms with Crippen molar-refractivity contribution >= 4 is 56.0 Å². The molecule has 150 valence electrons. The summed E-state index contributed by atoms with van der Waals surface area (Å²) in [5.74, 6) is 0.319. The van der Waals surface area contributed by atoms with Crippen LogP contribution in [0.4, 0.5) is 10.8 Å². The third kappa shape index (κ3) is 4.40. The lowest BCUT2D eigenvalue weighted by atomic mass is 10.2. The number of fused-ring (bicyclic) bond motifs is 1. The minimum atomic E-state index is -0.469. The zero-order valence-corrected chi connectivity index (χ0v) is 17.0. The Labute approximate surface area is 180 Å². The Kier molecular flexibility index (Phi) is 5.60. The molecule has 7 nitrogen and oxygen atoms in total. The minimum absolute atomic E-state index is 0.00828. The molecule has 9 heteroatoms. The van der Waals surface area contributed by atoms with Gasteiger partial charge in [-0.1, -0.05) is 22.9 Å². The van der Waals surface area contributed by atoms with Crippen LogP contribution in [0.25, 0.3) is 16.3 Å². The Balaban J connectivity index is 1.62. The number of nitro groups is 1. The van der Waals surface area contributed by atoms with Crippen molar-refractivity contribution in [3.8, 4) is 0 Å². The Morgan fingerprint density at radius 1 is 1.23 bits per heavy atom. The Hall–Kier alpha value is -3.49. The highest BCUT2D eigenvalue weighted by molar-refractivity contribution is 7.22. The molecule has 2 heterocycles. The molecule has 4 rings (SSSR count). The van der Waals surface area contributed by atoms with Gasteiger partial charge in [0.25, 0.3) is 11.6 Å². The van der Waals surface area contributed by atoms with Crippen molar-refractivity contribution in [1.29, 1.82) is 0 Å². The van der Waals surface area contributed by atoms with Gasteiger partial charge in [0.2, 0.25) is 0 Å². The largest absolute Gasteiger partial charge is 0.467 e. The van der Waals surface area contributed by atoms with Crippen molar-refractivity contribution in [3.63, 3.8) is 0 Å². The predicted molar refractivity (Wildman–Crippen MR) is 117 cm³/mol. The first-order chi connectivity index (χ1) is 14.5. The van der Waals surface area contributed by atoms with E-state index in [0.29, 0.717) is 21.5 Å². The number of halogens is 1. The number of hydrogen-bond acceptors (Lipinski definition) is 6. The highest BCUT2D eigenvalue weighted by atomic mass is 35.5. The van der Waals surface area contributed by atoms with Gasteiger partial charge in [-0.2, -0.15) is 0 Å². The van der Waals surface area contributed by atoms with Gasteiger partial charge in [0, 0.05) is 23.2 Å². The zero-order valence-electron chi connectivity index (χ0n) is 15.4. The van der Waals surface area contributed by atoms with Gasteiger partial charge >= 0.3 is 0 Å². The van der Waals surface area contributed by atoms with Gasteiger partial charge in [-0.15, -0.1) is 0 Å². The lowest BCUT2D eigenvalue weighted by Crippen LogP contribution is -2.28. The van der Waals surface area contributed by atoms with Crippen molar-refractivity contribution in [3.05, 3.63) is 93.4 Å². The molecule has 0 unspecified atom stereocenters. The van der Waals surface area contributed by atoms with Gasteiger partial charge < -0.3 is 4.42 Å². The van der Waals surface area contributed by atoms with Gasteiger partial charge in [-0.25, -0.2) is 4.98 Å². The number of amides is 1. The molecule has 4 aromatic rings. The molecule has 0 saturated carbocycles. The third-order valence-electron chi connectivity index (χ3n) is 4.25. The van der Waals surface area contributed by atoms with E-state index in [1.165, 1.54) is 34.4 Å². The molecular weight excluding hydrogens is 426 g/mol. The Morgan fingerprint density at radius 2 is 2.03 bits per heavy atom. The first-order valence-corrected chi connectivity index (χ1v) is 10.0. The average molecular weight is 440 g/mol. The standard InChI is InChI=1S/C21H14ClN3O4S/c22-15-6-9-18-19(12-15)30-21(23-18)24(13-17-2-1-11-29-17)20(26)10-5-14-3-7-16(8-4-14)25(27)28/h1-12H,13H2/b10-5-.